The number of aryl methyl sites for hydroxylation is 1. The maximum absolute atomic E-state index is 5.98. The van der Waals surface area contributed by atoms with E-state index >= 15 is 0 Å². The van der Waals surface area contributed by atoms with Crippen LogP contribution in [0, 0.1) is 6.92 Å². The molecule has 6 nitrogen and oxygen atoms in total. The molecule has 0 radical (unpaired) electrons. The Morgan fingerprint density at radius 2 is 1.71 bits per heavy atom. The molecular formula is C22H31N5O. The molecule has 28 heavy (non-hydrogen) atoms. The van der Waals surface area contributed by atoms with E-state index in [4.69, 9.17) is 10.5 Å². The second kappa shape index (κ2) is 9.99. The Morgan fingerprint density at radius 1 is 1.04 bits per heavy atom. The lowest BCUT2D eigenvalue weighted by Gasteiger charge is -2.36. The number of hydrogen-bond acceptors (Lipinski definition) is 4. The van der Waals surface area contributed by atoms with Crippen molar-refractivity contribution in [3.63, 3.8) is 0 Å². The van der Waals surface area contributed by atoms with Gasteiger partial charge in [0.25, 0.3) is 0 Å². The van der Waals surface area contributed by atoms with Gasteiger partial charge in [-0.3, -0.25) is 9.89 Å². The van der Waals surface area contributed by atoms with Crippen molar-refractivity contribution in [1.29, 1.82) is 0 Å². The highest BCUT2D eigenvalue weighted by molar-refractivity contribution is 5.92. The van der Waals surface area contributed by atoms with E-state index in [1.807, 2.05) is 24.3 Å². The summed E-state index contributed by atoms with van der Waals surface area (Å²) in [6.07, 6.45) is 1.01. The highest BCUT2D eigenvalue weighted by Crippen LogP contribution is 2.20. The van der Waals surface area contributed by atoms with Crippen LogP contribution in [-0.2, 0) is 0 Å². The van der Waals surface area contributed by atoms with Crippen LogP contribution in [0.1, 0.15) is 12.0 Å². The van der Waals surface area contributed by atoms with Crippen molar-refractivity contribution >= 4 is 17.3 Å². The second-order valence-electron chi connectivity index (χ2n) is 7.14. The van der Waals surface area contributed by atoms with E-state index in [1.54, 1.807) is 7.11 Å². The van der Waals surface area contributed by atoms with E-state index in [0.717, 1.165) is 57.1 Å². The summed E-state index contributed by atoms with van der Waals surface area (Å²) in [5.41, 5.74) is 9.44. The summed E-state index contributed by atoms with van der Waals surface area (Å²) in [5.74, 6) is 1.38. The number of guanidine groups is 1. The molecule has 0 aliphatic carbocycles. The lowest BCUT2D eigenvalue weighted by molar-refractivity contribution is 0.256. The van der Waals surface area contributed by atoms with Crippen LogP contribution >= 0.6 is 0 Å². The predicted molar refractivity (Wildman–Crippen MR) is 118 cm³/mol. The number of nitrogens with zero attached hydrogens (tertiary/aromatic N) is 3. The molecule has 150 valence electrons. The summed E-state index contributed by atoms with van der Waals surface area (Å²) in [4.78, 5) is 9.37. The zero-order valence-electron chi connectivity index (χ0n) is 16.9. The number of nitrogens with two attached hydrogens (primary N) is 1. The molecule has 2 aromatic carbocycles. The number of ether oxygens (including phenoxy) is 1. The number of anilines is 2. The molecular weight excluding hydrogens is 350 g/mol. The second-order valence-corrected chi connectivity index (χ2v) is 7.14. The van der Waals surface area contributed by atoms with Crippen molar-refractivity contribution in [3.8, 4) is 5.75 Å². The Bertz CT molecular complexity index is 750. The van der Waals surface area contributed by atoms with Gasteiger partial charge < -0.3 is 20.7 Å². The molecule has 1 aliphatic rings. The first-order chi connectivity index (χ1) is 13.6. The Morgan fingerprint density at radius 3 is 2.36 bits per heavy atom. The van der Waals surface area contributed by atoms with Crippen molar-refractivity contribution < 1.29 is 4.74 Å². The molecule has 0 unspecified atom stereocenters. The molecule has 0 spiro atoms. The number of methoxy groups -OCH3 is 1. The first kappa shape index (κ1) is 20.0. The smallest absolute Gasteiger partial charge is 0.193 e. The number of aliphatic imine (C=N–C) groups is 1. The van der Waals surface area contributed by atoms with Gasteiger partial charge >= 0.3 is 0 Å². The van der Waals surface area contributed by atoms with Crippen LogP contribution < -0.4 is 20.7 Å². The summed E-state index contributed by atoms with van der Waals surface area (Å²) in [6.45, 7) is 8.11. The quantitative estimate of drug-likeness (QED) is 0.439. The van der Waals surface area contributed by atoms with Gasteiger partial charge in [0.15, 0.2) is 5.96 Å². The van der Waals surface area contributed by atoms with E-state index in [2.05, 4.69) is 51.3 Å². The largest absolute Gasteiger partial charge is 0.497 e. The fourth-order valence-electron chi connectivity index (χ4n) is 3.34. The molecule has 0 amide bonds. The van der Waals surface area contributed by atoms with Gasteiger partial charge in [-0.2, -0.15) is 0 Å². The average Bonchev–Trinajstić information content (AvgIpc) is 2.73. The molecule has 1 heterocycles. The maximum Gasteiger partial charge on any atom is 0.193 e. The third kappa shape index (κ3) is 5.89. The van der Waals surface area contributed by atoms with E-state index in [1.165, 1.54) is 11.3 Å². The van der Waals surface area contributed by atoms with Gasteiger partial charge in [-0.15, -0.1) is 0 Å². The Hall–Kier alpha value is -2.73. The zero-order chi connectivity index (χ0) is 19.8. The molecule has 1 aliphatic heterocycles. The lowest BCUT2D eigenvalue weighted by Crippen LogP contribution is -2.46. The average molecular weight is 382 g/mol. The van der Waals surface area contributed by atoms with Crippen LogP contribution in [0.2, 0.25) is 0 Å². The molecule has 0 atom stereocenters. The first-order valence-electron chi connectivity index (χ1n) is 9.89. The highest BCUT2D eigenvalue weighted by atomic mass is 16.5. The molecule has 3 rings (SSSR count). The van der Waals surface area contributed by atoms with E-state index in [-0.39, 0.29) is 0 Å². The Kier molecular flexibility index (Phi) is 7.14. The molecule has 1 saturated heterocycles. The summed E-state index contributed by atoms with van der Waals surface area (Å²) < 4.78 is 5.23. The van der Waals surface area contributed by atoms with Crippen LogP contribution in [0.5, 0.6) is 5.75 Å². The third-order valence-corrected chi connectivity index (χ3v) is 5.05. The summed E-state index contributed by atoms with van der Waals surface area (Å²) in [6, 6.07) is 16.5. The number of piperazine rings is 1. The summed E-state index contributed by atoms with van der Waals surface area (Å²) in [5, 5.41) is 3.14. The van der Waals surface area contributed by atoms with Gasteiger partial charge in [0.1, 0.15) is 5.75 Å². The number of benzene rings is 2. The first-order valence-corrected chi connectivity index (χ1v) is 9.89. The summed E-state index contributed by atoms with van der Waals surface area (Å²) in [7, 11) is 1.70. The van der Waals surface area contributed by atoms with Crippen LogP contribution in [0.4, 0.5) is 11.4 Å². The molecule has 0 saturated carbocycles. The third-order valence-electron chi connectivity index (χ3n) is 5.05. The minimum atomic E-state index is 0.480. The van der Waals surface area contributed by atoms with Crippen molar-refractivity contribution in [2.24, 2.45) is 10.7 Å². The van der Waals surface area contributed by atoms with E-state index < -0.39 is 0 Å². The topological polar surface area (TPSA) is 66.1 Å². The monoisotopic (exact) mass is 381 g/mol. The highest BCUT2D eigenvalue weighted by Gasteiger charge is 2.16. The standard InChI is InChI=1S/C22H31N5O/c1-18-4-6-19(7-5-18)25-22(23)24-12-3-13-26-14-16-27(17-15-26)20-8-10-21(28-2)11-9-20/h4-11H,3,12-17H2,1-2H3,(H3,23,24,25). The van der Waals surface area contributed by atoms with Gasteiger partial charge in [0, 0.05) is 50.6 Å². The number of nitrogens with one attached hydrogen (secondary N) is 1. The molecule has 0 bridgehead atoms. The Labute approximate surface area is 168 Å². The lowest BCUT2D eigenvalue weighted by atomic mass is 10.2. The molecule has 0 aromatic heterocycles. The van der Waals surface area contributed by atoms with Gasteiger partial charge in [-0.05, 0) is 49.7 Å². The van der Waals surface area contributed by atoms with Crippen LogP contribution in [0.25, 0.3) is 0 Å². The molecule has 6 heteroatoms. The fourth-order valence-corrected chi connectivity index (χ4v) is 3.34. The van der Waals surface area contributed by atoms with E-state index in [9.17, 15) is 0 Å². The minimum Gasteiger partial charge on any atom is -0.497 e. The zero-order valence-corrected chi connectivity index (χ0v) is 16.9. The Balaban J connectivity index is 1.35. The number of rotatable bonds is 7. The van der Waals surface area contributed by atoms with Gasteiger partial charge in [-0.25, -0.2) is 0 Å². The van der Waals surface area contributed by atoms with Gasteiger partial charge in [-0.1, -0.05) is 17.7 Å². The SMILES string of the molecule is COc1ccc(N2CCN(CCCN=C(N)Nc3ccc(C)cc3)CC2)cc1. The summed E-state index contributed by atoms with van der Waals surface area (Å²) >= 11 is 0. The van der Waals surface area contributed by atoms with Crippen LogP contribution in [0.3, 0.4) is 0 Å². The minimum absolute atomic E-state index is 0.480. The van der Waals surface area contributed by atoms with Crippen LogP contribution in [0.15, 0.2) is 53.5 Å². The maximum atomic E-state index is 5.98. The predicted octanol–water partition coefficient (Wildman–Crippen LogP) is 2.94. The van der Waals surface area contributed by atoms with E-state index in [0.29, 0.717) is 5.96 Å². The molecule has 2 aromatic rings. The fraction of sp³-hybridized carbons (Fsp3) is 0.409. The normalized spacial score (nSPS) is 15.5. The van der Waals surface area contributed by atoms with Crippen molar-refractivity contribution in [2.75, 3.05) is 56.6 Å². The van der Waals surface area contributed by atoms with Crippen molar-refractivity contribution in [2.45, 2.75) is 13.3 Å². The van der Waals surface area contributed by atoms with Crippen molar-refractivity contribution in [3.05, 3.63) is 54.1 Å². The number of hydrogen-bond donors (Lipinski definition) is 2. The molecule has 3 N–H and O–H groups in total. The molecule has 1 fully saturated rings. The van der Waals surface area contributed by atoms with Crippen molar-refractivity contribution in [1.82, 2.24) is 4.90 Å². The van der Waals surface area contributed by atoms with Gasteiger partial charge in [0.2, 0.25) is 0 Å². The van der Waals surface area contributed by atoms with Gasteiger partial charge in [0.05, 0.1) is 7.11 Å². The van der Waals surface area contributed by atoms with Crippen LogP contribution in [-0.4, -0.2) is 57.2 Å².